The molecule has 0 aliphatic heterocycles. The fourth-order valence-electron chi connectivity index (χ4n) is 1.89. The molecule has 4 nitrogen and oxygen atoms in total. The number of nitrogens with zero attached hydrogens (tertiary/aromatic N) is 1. The molecule has 0 saturated carbocycles. The van der Waals surface area contributed by atoms with E-state index in [4.69, 9.17) is 10.9 Å². The summed E-state index contributed by atoms with van der Waals surface area (Å²) < 4.78 is 13.3. The second-order valence-electron chi connectivity index (χ2n) is 5.72. The van der Waals surface area contributed by atoms with Gasteiger partial charge in [0.25, 0.3) is 0 Å². The third-order valence-electron chi connectivity index (χ3n) is 3.53. The summed E-state index contributed by atoms with van der Waals surface area (Å²) in [4.78, 5) is 0. The van der Waals surface area contributed by atoms with Crippen molar-refractivity contribution in [1.29, 1.82) is 0 Å². The van der Waals surface area contributed by atoms with E-state index in [1.54, 1.807) is 13.0 Å². The fraction of sp³-hybridized carbons (Fsp3) is 0.533. The lowest BCUT2D eigenvalue weighted by Gasteiger charge is -2.22. The first-order valence-electron chi connectivity index (χ1n) is 6.85. The highest BCUT2D eigenvalue weighted by Crippen LogP contribution is 2.23. The Labute approximate surface area is 119 Å². The standard InChI is InChI=1S/C15H24FN3O/c1-11-6-7-12(10-13(11)16)18-9-5-4-8-15(2,3)14(17)19-20/h6-7,10,18,20H,4-5,8-9H2,1-3H3,(H2,17,19). The van der Waals surface area contributed by atoms with Gasteiger partial charge in [0.15, 0.2) is 0 Å². The fourth-order valence-corrected chi connectivity index (χ4v) is 1.89. The number of aryl methyl sites for hydroxylation is 1. The first kappa shape index (κ1) is 16.3. The van der Waals surface area contributed by atoms with Gasteiger partial charge in [0.1, 0.15) is 11.7 Å². The Balaban J connectivity index is 2.30. The molecule has 1 rings (SSSR count). The lowest BCUT2D eigenvalue weighted by atomic mass is 9.86. The summed E-state index contributed by atoms with van der Waals surface area (Å²) in [5, 5.41) is 14.9. The molecule has 112 valence electrons. The molecular weight excluding hydrogens is 257 g/mol. The molecule has 0 aliphatic rings. The van der Waals surface area contributed by atoms with Gasteiger partial charge in [-0.15, -0.1) is 0 Å². The summed E-state index contributed by atoms with van der Waals surface area (Å²) in [5.41, 5.74) is 6.77. The molecule has 0 aromatic heterocycles. The normalized spacial score (nSPS) is 12.5. The topological polar surface area (TPSA) is 70.6 Å². The summed E-state index contributed by atoms with van der Waals surface area (Å²) in [5.74, 6) is 0.0640. The largest absolute Gasteiger partial charge is 0.409 e. The molecule has 0 bridgehead atoms. The number of hydrogen-bond donors (Lipinski definition) is 3. The molecule has 1 aromatic rings. The number of nitrogens with one attached hydrogen (secondary N) is 1. The van der Waals surface area contributed by atoms with Crippen LogP contribution in [0.2, 0.25) is 0 Å². The summed E-state index contributed by atoms with van der Waals surface area (Å²) in [6, 6.07) is 5.15. The van der Waals surface area contributed by atoms with Crippen molar-refractivity contribution in [1.82, 2.24) is 0 Å². The lowest BCUT2D eigenvalue weighted by Crippen LogP contribution is -2.31. The van der Waals surface area contributed by atoms with E-state index in [2.05, 4.69) is 10.5 Å². The Morgan fingerprint density at radius 2 is 2.10 bits per heavy atom. The summed E-state index contributed by atoms with van der Waals surface area (Å²) >= 11 is 0. The van der Waals surface area contributed by atoms with E-state index in [0.29, 0.717) is 5.56 Å². The van der Waals surface area contributed by atoms with Gasteiger partial charge in [-0.3, -0.25) is 0 Å². The third kappa shape index (κ3) is 4.72. The summed E-state index contributed by atoms with van der Waals surface area (Å²) in [7, 11) is 0. The van der Waals surface area contributed by atoms with Gasteiger partial charge in [0.05, 0.1) is 0 Å². The molecule has 4 N–H and O–H groups in total. The van der Waals surface area contributed by atoms with Crippen LogP contribution in [0, 0.1) is 18.2 Å². The van der Waals surface area contributed by atoms with Gasteiger partial charge in [-0.2, -0.15) is 0 Å². The average Bonchev–Trinajstić information content (AvgIpc) is 2.41. The number of anilines is 1. The van der Waals surface area contributed by atoms with Crippen molar-refractivity contribution in [3.8, 4) is 0 Å². The number of rotatable bonds is 7. The van der Waals surface area contributed by atoms with Crippen molar-refractivity contribution < 1.29 is 9.60 Å². The molecule has 0 atom stereocenters. The smallest absolute Gasteiger partial charge is 0.144 e. The van der Waals surface area contributed by atoms with Crippen molar-refractivity contribution in [3.63, 3.8) is 0 Å². The van der Waals surface area contributed by atoms with Crippen molar-refractivity contribution in [2.24, 2.45) is 16.3 Å². The maximum atomic E-state index is 13.3. The highest BCUT2D eigenvalue weighted by Gasteiger charge is 2.22. The molecule has 20 heavy (non-hydrogen) atoms. The number of oxime groups is 1. The second-order valence-corrected chi connectivity index (χ2v) is 5.72. The Bertz CT molecular complexity index is 472. The van der Waals surface area contributed by atoms with E-state index >= 15 is 0 Å². The quantitative estimate of drug-likeness (QED) is 0.235. The minimum atomic E-state index is -0.301. The Morgan fingerprint density at radius 1 is 1.40 bits per heavy atom. The van der Waals surface area contributed by atoms with Crippen LogP contribution in [0.1, 0.15) is 38.7 Å². The summed E-state index contributed by atoms with van der Waals surface area (Å²) in [6.07, 6.45) is 2.73. The number of nitrogens with two attached hydrogens (primary N) is 1. The van der Waals surface area contributed by atoms with E-state index < -0.39 is 0 Å². The Kier molecular flexibility index (Phi) is 5.80. The number of amidine groups is 1. The molecule has 0 radical (unpaired) electrons. The van der Waals surface area contributed by atoms with E-state index in [0.717, 1.165) is 31.5 Å². The van der Waals surface area contributed by atoms with Crippen LogP contribution in [0.3, 0.4) is 0 Å². The minimum absolute atomic E-state index is 0.192. The van der Waals surface area contributed by atoms with Crippen molar-refractivity contribution in [3.05, 3.63) is 29.6 Å². The van der Waals surface area contributed by atoms with Crippen LogP contribution in [-0.2, 0) is 0 Å². The molecular formula is C15H24FN3O. The molecule has 0 fully saturated rings. The molecule has 0 unspecified atom stereocenters. The van der Waals surface area contributed by atoms with E-state index in [9.17, 15) is 4.39 Å². The molecule has 5 heteroatoms. The zero-order chi connectivity index (χ0) is 15.2. The number of benzene rings is 1. The van der Waals surface area contributed by atoms with Gasteiger partial charge in [-0.25, -0.2) is 4.39 Å². The van der Waals surface area contributed by atoms with Gasteiger partial charge in [-0.05, 0) is 37.5 Å². The van der Waals surface area contributed by atoms with E-state index in [1.807, 2.05) is 19.9 Å². The number of unbranched alkanes of at least 4 members (excludes halogenated alkanes) is 1. The van der Waals surface area contributed by atoms with Crippen LogP contribution in [0.5, 0.6) is 0 Å². The van der Waals surface area contributed by atoms with Crippen LogP contribution in [0.25, 0.3) is 0 Å². The number of hydrogen-bond acceptors (Lipinski definition) is 3. The van der Waals surface area contributed by atoms with E-state index in [-0.39, 0.29) is 17.1 Å². The zero-order valence-corrected chi connectivity index (χ0v) is 12.4. The average molecular weight is 281 g/mol. The van der Waals surface area contributed by atoms with Crippen LogP contribution in [-0.4, -0.2) is 17.6 Å². The maximum absolute atomic E-state index is 13.3. The van der Waals surface area contributed by atoms with Gasteiger partial charge < -0.3 is 16.3 Å². The predicted molar refractivity (Wildman–Crippen MR) is 80.7 cm³/mol. The first-order chi connectivity index (χ1) is 9.36. The second kappa shape index (κ2) is 7.12. The SMILES string of the molecule is Cc1ccc(NCCCCC(C)(C)/C(N)=N/O)cc1F. The Morgan fingerprint density at radius 3 is 2.70 bits per heavy atom. The zero-order valence-electron chi connectivity index (χ0n) is 12.4. The predicted octanol–water partition coefficient (Wildman–Crippen LogP) is 3.49. The molecule has 0 saturated heterocycles. The van der Waals surface area contributed by atoms with Crippen LogP contribution in [0.15, 0.2) is 23.4 Å². The van der Waals surface area contributed by atoms with Gasteiger partial charge in [-0.1, -0.05) is 31.5 Å². The van der Waals surface area contributed by atoms with Crippen molar-refractivity contribution in [2.45, 2.75) is 40.0 Å². The molecule has 0 spiro atoms. The van der Waals surface area contributed by atoms with Crippen LogP contribution >= 0.6 is 0 Å². The first-order valence-corrected chi connectivity index (χ1v) is 6.85. The molecule has 0 aliphatic carbocycles. The number of halogens is 1. The van der Waals surface area contributed by atoms with Gasteiger partial charge >= 0.3 is 0 Å². The van der Waals surface area contributed by atoms with Gasteiger partial charge in [0, 0.05) is 17.6 Å². The van der Waals surface area contributed by atoms with Crippen molar-refractivity contribution in [2.75, 3.05) is 11.9 Å². The van der Waals surface area contributed by atoms with Crippen LogP contribution < -0.4 is 11.1 Å². The molecule has 0 amide bonds. The lowest BCUT2D eigenvalue weighted by molar-refractivity contribution is 0.304. The van der Waals surface area contributed by atoms with Crippen molar-refractivity contribution >= 4 is 11.5 Å². The highest BCUT2D eigenvalue weighted by atomic mass is 19.1. The maximum Gasteiger partial charge on any atom is 0.144 e. The minimum Gasteiger partial charge on any atom is -0.409 e. The third-order valence-corrected chi connectivity index (χ3v) is 3.53. The monoisotopic (exact) mass is 281 g/mol. The molecule has 0 heterocycles. The van der Waals surface area contributed by atoms with Crippen LogP contribution in [0.4, 0.5) is 10.1 Å². The Hall–Kier alpha value is -1.78. The van der Waals surface area contributed by atoms with Gasteiger partial charge in [0.2, 0.25) is 0 Å². The highest BCUT2D eigenvalue weighted by molar-refractivity contribution is 5.85. The summed E-state index contributed by atoms with van der Waals surface area (Å²) in [6.45, 7) is 6.42. The van der Waals surface area contributed by atoms with E-state index in [1.165, 1.54) is 6.07 Å². The molecule has 1 aromatic carbocycles.